The Morgan fingerprint density at radius 3 is 2.54 bits per heavy atom. The number of amides is 1. The van der Waals surface area contributed by atoms with E-state index in [-0.39, 0.29) is 17.9 Å². The molecule has 0 radical (unpaired) electrons. The van der Waals surface area contributed by atoms with E-state index in [1.54, 1.807) is 12.4 Å². The van der Waals surface area contributed by atoms with E-state index in [1.807, 2.05) is 48.5 Å². The number of rotatable bonds is 7. The molecule has 2 aromatic heterocycles. The van der Waals surface area contributed by atoms with E-state index in [4.69, 9.17) is 5.73 Å². The number of thiazole rings is 1. The van der Waals surface area contributed by atoms with Gasteiger partial charge in [-0.3, -0.25) is 14.6 Å². The first-order valence-electron chi connectivity index (χ1n) is 11.4. The Morgan fingerprint density at radius 1 is 1.03 bits per heavy atom. The minimum Gasteiger partial charge on any atom is -0.369 e. The Kier molecular flexibility index (Phi) is 6.43. The summed E-state index contributed by atoms with van der Waals surface area (Å²) in [5.74, 6) is -0.724. The van der Waals surface area contributed by atoms with Crippen molar-refractivity contribution in [2.24, 2.45) is 5.73 Å². The van der Waals surface area contributed by atoms with Crippen LogP contribution in [0.3, 0.4) is 0 Å². The van der Waals surface area contributed by atoms with Gasteiger partial charge in [0.05, 0.1) is 0 Å². The molecule has 1 saturated heterocycles. The highest BCUT2D eigenvalue weighted by molar-refractivity contribution is 7.16. The molecule has 4 aromatic rings. The number of likely N-dealkylation sites (N-methyl/N-ethyl adjacent to an activating group) is 1. The van der Waals surface area contributed by atoms with Crippen LogP contribution in [0.1, 0.15) is 25.7 Å². The Labute approximate surface area is 207 Å². The van der Waals surface area contributed by atoms with Crippen molar-refractivity contribution >= 4 is 50.3 Å². The van der Waals surface area contributed by atoms with Crippen LogP contribution in [0.25, 0.3) is 10.8 Å². The SMILES string of the molecule is CN1CCN(c2ccc(C(=O)Cc3sc(Nc4ccc5cnccc5c4)nc3C(N)=O)cc2)CC1. The number of fused-ring (bicyclic) bond motifs is 1. The number of ketones is 1. The minimum absolute atomic E-state index is 0.0644. The van der Waals surface area contributed by atoms with Gasteiger partial charge >= 0.3 is 0 Å². The average molecular weight is 487 g/mol. The van der Waals surface area contributed by atoms with Gasteiger partial charge in [0.1, 0.15) is 5.69 Å². The fourth-order valence-corrected chi connectivity index (χ4v) is 5.16. The van der Waals surface area contributed by atoms with Crippen molar-refractivity contribution in [3.8, 4) is 0 Å². The lowest BCUT2D eigenvalue weighted by molar-refractivity contribution is 0.0991. The number of Topliss-reactive ketones (excluding diaryl/α,β-unsaturated/α-hetero) is 1. The Balaban J connectivity index is 1.31. The molecule has 1 aliphatic heterocycles. The van der Waals surface area contributed by atoms with Gasteiger partial charge in [-0.15, -0.1) is 11.3 Å². The van der Waals surface area contributed by atoms with Crippen molar-refractivity contribution in [3.63, 3.8) is 0 Å². The molecule has 8 nitrogen and oxygen atoms in total. The molecule has 0 saturated carbocycles. The smallest absolute Gasteiger partial charge is 0.268 e. The summed E-state index contributed by atoms with van der Waals surface area (Å²) in [7, 11) is 2.12. The van der Waals surface area contributed by atoms with Crippen LogP contribution in [0.2, 0.25) is 0 Å². The predicted molar refractivity (Wildman–Crippen MR) is 140 cm³/mol. The number of piperazine rings is 1. The quantitative estimate of drug-likeness (QED) is 0.384. The third-order valence-electron chi connectivity index (χ3n) is 6.20. The second-order valence-corrected chi connectivity index (χ2v) is 9.74. The van der Waals surface area contributed by atoms with Gasteiger partial charge in [0, 0.05) is 72.2 Å². The number of hydrogen-bond donors (Lipinski definition) is 2. The largest absolute Gasteiger partial charge is 0.369 e. The van der Waals surface area contributed by atoms with E-state index < -0.39 is 5.91 Å². The monoisotopic (exact) mass is 486 g/mol. The van der Waals surface area contributed by atoms with Crippen LogP contribution in [0.5, 0.6) is 0 Å². The molecule has 3 heterocycles. The molecule has 1 fully saturated rings. The molecule has 3 N–H and O–H groups in total. The zero-order valence-electron chi connectivity index (χ0n) is 19.4. The van der Waals surface area contributed by atoms with E-state index in [9.17, 15) is 9.59 Å². The fraction of sp³-hybridized carbons (Fsp3) is 0.231. The summed E-state index contributed by atoms with van der Waals surface area (Å²) in [6.45, 7) is 3.98. The highest BCUT2D eigenvalue weighted by atomic mass is 32.1. The van der Waals surface area contributed by atoms with E-state index in [0.717, 1.165) is 48.3 Å². The second kappa shape index (κ2) is 9.81. The number of aromatic nitrogens is 2. The van der Waals surface area contributed by atoms with Gasteiger partial charge in [-0.25, -0.2) is 4.98 Å². The first-order valence-corrected chi connectivity index (χ1v) is 12.2. The van der Waals surface area contributed by atoms with Crippen LogP contribution in [0.4, 0.5) is 16.5 Å². The maximum Gasteiger partial charge on any atom is 0.268 e. The molecule has 1 amide bonds. The van der Waals surface area contributed by atoms with E-state index in [2.05, 4.69) is 32.1 Å². The topological polar surface area (TPSA) is 104 Å². The van der Waals surface area contributed by atoms with Crippen LogP contribution in [-0.2, 0) is 6.42 Å². The molecular formula is C26H26N6O2S. The molecule has 0 spiro atoms. The lowest BCUT2D eigenvalue weighted by atomic mass is 10.1. The number of pyridine rings is 1. The molecule has 1 aliphatic rings. The average Bonchev–Trinajstić information content (AvgIpc) is 3.27. The number of hydrogen-bond acceptors (Lipinski definition) is 8. The number of nitrogens with two attached hydrogens (primary N) is 1. The van der Waals surface area contributed by atoms with Crippen molar-refractivity contribution in [3.05, 3.63) is 77.1 Å². The highest BCUT2D eigenvalue weighted by Crippen LogP contribution is 2.29. The van der Waals surface area contributed by atoms with Crippen LogP contribution >= 0.6 is 11.3 Å². The Hall–Kier alpha value is -3.82. The number of nitrogens with zero attached hydrogens (tertiary/aromatic N) is 4. The van der Waals surface area contributed by atoms with Crippen molar-refractivity contribution in [1.82, 2.24) is 14.9 Å². The normalized spacial score (nSPS) is 14.3. The van der Waals surface area contributed by atoms with Crippen LogP contribution < -0.4 is 16.0 Å². The molecule has 35 heavy (non-hydrogen) atoms. The molecule has 2 aromatic carbocycles. The number of nitrogens with one attached hydrogen (secondary N) is 1. The van der Waals surface area contributed by atoms with Crippen LogP contribution in [0.15, 0.2) is 60.9 Å². The van der Waals surface area contributed by atoms with E-state index in [1.165, 1.54) is 11.3 Å². The van der Waals surface area contributed by atoms with Crippen LogP contribution in [0, 0.1) is 0 Å². The standard InChI is InChI=1S/C26H26N6O2S/c1-31-10-12-32(13-11-31)21-6-3-17(4-7-21)22(33)15-23-24(25(27)34)30-26(35-23)29-20-5-2-19-16-28-9-8-18(19)14-20/h2-9,14,16H,10-13,15H2,1H3,(H2,27,34)(H,29,30). The van der Waals surface area contributed by atoms with Crippen molar-refractivity contribution < 1.29 is 9.59 Å². The number of primary amides is 1. The second-order valence-electron chi connectivity index (χ2n) is 8.65. The van der Waals surface area contributed by atoms with Crippen molar-refractivity contribution in [1.29, 1.82) is 0 Å². The van der Waals surface area contributed by atoms with E-state index >= 15 is 0 Å². The fourth-order valence-electron chi connectivity index (χ4n) is 4.17. The third kappa shape index (κ3) is 5.16. The zero-order valence-corrected chi connectivity index (χ0v) is 20.2. The predicted octanol–water partition coefficient (Wildman–Crippen LogP) is 3.71. The van der Waals surface area contributed by atoms with Gasteiger partial charge in [0.15, 0.2) is 10.9 Å². The van der Waals surface area contributed by atoms with Gasteiger partial charge < -0.3 is 20.9 Å². The maximum absolute atomic E-state index is 13.0. The summed E-state index contributed by atoms with van der Waals surface area (Å²) >= 11 is 1.27. The Morgan fingerprint density at radius 2 is 1.80 bits per heavy atom. The van der Waals surface area contributed by atoms with Gasteiger partial charge in [-0.05, 0) is 54.9 Å². The number of anilines is 3. The first kappa shape index (κ1) is 22.9. The number of carbonyl (C=O) groups is 2. The summed E-state index contributed by atoms with van der Waals surface area (Å²) in [6.07, 6.45) is 3.60. The molecule has 9 heteroatoms. The molecule has 5 rings (SSSR count). The highest BCUT2D eigenvalue weighted by Gasteiger charge is 2.20. The minimum atomic E-state index is -0.646. The lowest BCUT2D eigenvalue weighted by Gasteiger charge is -2.34. The summed E-state index contributed by atoms with van der Waals surface area (Å²) in [5, 5.41) is 5.81. The van der Waals surface area contributed by atoms with Gasteiger partial charge in [0.25, 0.3) is 5.91 Å². The number of benzene rings is 2. The summed E-state index contributed by atoms with van der Waals surface area (Å²) < 4.78 is 0. The molecule has 0 aliphatic carbocycles. The van der Waals surface area contributed by atoms with Gasteiger partial charge in [0.2, 0.25) is 0 Å². The van der Waals surface area contributed by atoms with Gasteiger partial charge in [-0.2, -0.15) is 0 Å². The molecule has 178 valence electrons. The zero-order chi connectivity index (χ0) is 24.4. The van der Waals surface area contributed by atoms with E-state index in [0.29, 0.717) is 15.6 Å². The van der Waals surface area contributed by atoms with Crippen molar-refractivity contribution in [2.75, 3.05) is 43.4 Å². The first-order chi connectivity index (χ1) is 17.0. The maximum atomic E-state index is 13.0. The lowest BCUT2D eigenvalue weighted by Crippen LogP contribution is -2.44. The van der Waals surface area contributed by atoms with Gasteiger partial charge in [-0.1, -0.05) is 6.07 Å². The summed E-state index contributed by atoms with van der Waals surface area (Å²) in [6, 6.07) is 15.5. The Bertz CT molecular complexity index is 1380. The summed E-state index contributed by atoms with van der Waals surface area (Å²) in [4.78, 5) is 38.7. The molecule has 0 unspecified atom stereocenters. The van der Waals surface area contributed by atoms with Crippen LogP contribution in [-0.4, -0.2) is 59.8 Å². The molecule has 0 atom stereocenters. The number of carbonyl (C=O) groups excluding carboxylic acids is 2. The molecular weight excluding hydrogens is 460 g/mol. The summed E-state index contributed by atoms with van der Waals surface area (Å²) in [5.41, 5.74) is 8.24. The third-order valence-corrected chi connectivity index (χ3v) is 7.17. The van der Waals surface area contributed by atoms with Crippen molar-refractivity contribution in [2.45, 2.75) is 6.42 Å². The molecule has 0 bridgehead atoms.